The fraction of sp³-hybridized carbons (Fsp3) is 0.111. The number of aromatic nitrogens is 2. The van der Waals surface area contributed by atoms with E-state index in [-0.39, 0.29) is 6.61 Å². The Kier molecular flexibility index (Phi) is 4.69. The first-order valence-corrected chi connectivity index (χ1v) is 7.59. The van der Waals surface area contributed by atoms with Crippen LogP contribution < -0.4 is 9.47 Å². The summed E-state index contributed by atoms with van der Waals surface area (Å²) in [6.45, 7) is -0.0364. The highest BCUT2D eigenvalue weighted by atomic mass is 35.5. The number of fused-ring (bicyclic) bond motifs is 1. The van der Waals surface area contributed by atoms with Gasteiger partial charge in [-0.3, -0.25) is 0 Å². The number of imidazole rings is 1. The molecule has 24 heavy (non-hydrogen) atoms. The van der Waals surface area contributed by atoms with Crippen molar-refractivity contribution in [3.8, 4) is 17.6 Å². The van der Waals surface area contributed by atoms with E-state index in [4.69, 9.17) is 26.3 Å². The molecule has 0 fully saturated rings. The predicted octanol–water partition coefficient (Wildman–Crippen LogP) is 4.21. The van der Waals surface area contributed by atoms with Crippen LogP contribution in [0.15, 0.2) is 42.5 Å². The van der Waals surface area contributed by atoms with Crippen molar-refractivity contribution in [2.24, 2.45) is 0 Å². The van der Waals surface area contributed by atoms with Gasteiger partial charge in [-0.15, -0.1) is 0 Å². The number of ether oxygens (including phenoxy) is 2. The molecule has 3 rings (SSSR count). The molecule has 1 heterocycles. The number of aromatic amines is 1. The second kappa shape index (κ2) is 7.07. The minimum Gasteiger partial charge on any atom is -0.493 e. The average Bonchev–Trinajstić information content (AvgIpc) is 3.04. The van der Waals surface area contributed by atoms with Crippen LogP contribution in [0.2, 0.25) is 0 Å². The van der Waals surface area contributed by atoms with Gasteiger partial charge in [0.1, 0.15) is 11.9 Å². The summed E-state index contributed by atoms with van der Waals surface area (Å²) in [6, 6.07) is 15.0. The second-order valence-electron chi connectivity index (χ2n) is 4.95. The van der Waals surface area contributed by atoms with E-state index in [1.54, 1.807) is 25.3 Å². The summed E-state index contributed by atoms with van der Waals surface area (Å²) in [4.78, 5) is 7.64. The summed E-state index contributed by atoms with van der Waals surface area (Å²) in [6.07, 6.45) is 1.79. The highest BCUT2D eigenvalue weighted by Gasteiger charge is 2.08. The van der Waals surface area contributed by atoms with Crippen molar-refractivity contribution < 1.29 is 9.47 Å². The molecule has 0 saturated carbocycles. The molecular weight excluding hydrogens is 326 g/mol. The number of hydrogen-bond donors (Lipinski definition) is 1. The van der Waals surface area contributed by atoms with Gasteiger partial charge in [-0.1, -0.05) is 29.8 Å². The molecular formula is C18H14ClN3O2. The number of nitriles is 1. The van der Waals surface area contributed by atoms with Gasteiger partial charge in [0.2, 0.25) is 0 Å². The Balaban J connectivity index is 1.90. The van der Waals surface area contributed by atoms with Gasteiger partial charge in [-0.2, -0.15) is 5.26 Å². The third-order valence-corrected chi connectivity index (χ3v) is 3.68. The molecule has 6 heteroatoms. The molecule has 1 aromatic heterocycles. The number of methoxy groups -OCH3 is 1. The van der Waals surface area contributed by atoms with Gasteiger partial charge in [0.15, 0.2) is 18.1 Å². The van der Waals surface area contributed by atoms with Gasteiger partial charge in [-0.25, -0.2) is 4.98 Å². The molecule has 0 unspecified atom stereocenters. The van der Waals surface area contributed by atoms with E-state index >= 15 is 0 Å². The topological polar surface area (TPSA) is 70.9 Å². The lowest BCUT2D eigenvalue weighted by Crippen LogP contribution is -1.96. The van der Waals surface area contributed by atoms with E-state index in [1.807, 2.05) is 36.4 Å². The van der Waals surface area contributed by atoms with Gasteiger partial charge in [-0.05, 0) is 35.9 Å². The summed E-state index contributed by atoms with van der Waals surface area (Å²) in [7, 11) is 1.54. The van der Waals surface area contributed by atoms with E-state index in [9.17, 15) is 0 Å². The summed E-state index contributed by atoms with van der Waals surface area (Å²) in [5.74, 6) is 1.64. The fourth-order valence-corrected chi connectivity index (χ4v) is 2.50. The van der Waals surface area contributed by atoms with Gasteiger partial charge >= 0.3 is 0 Å². The summed E-state index contributed by atoms with van der Waals surface area (Å²) < 4.78 is 10.6. The lowest BCUT2D eigenvalue weighted by Gasteiger charge is -2.09. The maximum atomic E-state index is 8.60. The minimum atomic E-state index is -0.0364. The fourth-order valence-electron chi connectivity index (χ4n) is 2.28. The number of halogens is 1. The molecule has 0 bridgehead atoms. The number of rotatable bonds is 5. The lowest BCUT2D eigenvalue weighted by atomic mass is 10.2. The molecule has 1 N–H and O–H groups in total. The smallest absolute Gasteiger partial charge is 0.174 e. The quantitative estimate of drug-likeness (QED) is 0.755. The van der Waals surface area contributed by atoms with Gasteiger partial charge in [0.25, 0.3) is 0 Å². The number of para-hydroxylation sites is 2. The average molecular weight is 340 g/mol. The Morgan fingerprint density at radius 3 is 2.88 bits per heavy atom. The summed E-state index contributed by atoms with van der Waals surface area (Å²) >= 11 is 6.38. The van der Waals surface area contributed by atoms with Crippen molar-refractivity contribution >= 4 is 33.7 Å². The normalized spacial score (nSPS) is 11.3. The number of H-pyrrole nitrogens is 1. The van der Waals surface area contributed by atoms with Crippen LogP contribution in [-0.2, 0) is 0 Å². The molecule has 0 aliphatic carbocycles. The third kappa shape index (κ3) is 3.34. The van der Waals surface area contributed by atoms with Crippen molar-refractivity contribution in [1.82, 2.24) is 9.97 Å². The van der Waals surface area contributed by atoms with Crippen LogP contribution in [0.3, 0.4) is 0 Å². The van der Waals surface area contributed by atoms with E-state index in [0.717, 1.165) is 16.6 Å². The Morgan fingerprint density at radius 1 is 1.29 bits per heavy atom. The Labute approximate surface area is 144 Å². The maximum Gasteiger partial charge on any atom is 0.174 e. The van der Waals surface area contributed by atoms with Crippen LogP contribution in [-0.4, -0.2) is 23.7 Å². The van der Waals surface area contributed by atoms with E-state index < -0.39 is 0 Å². The number of nitrogens with one attached hydrogen (secondary N) is 1. The minimum absolute atomic E-state index is 0.0364. The molecule has 0 saturated heterocycles. The molecule has 5 nitrogen and oxygen atoms in total. The van der Waals surface area contributed by atoms with E-state index in [2.05, 4.69) is 9.97 Å². The molecule has 120 valence electrons. The largest absolute Gasteiger partial charge is 0.493 e. The highest BCUT2D eigenvalue weighted by molar-refractivity contribution is 6.50. The second-order valence-corrected chi connectivity index (χ2v) is 5.36. The SMILES string of the molecule is COc1cc(/C=C(/Cl)c2nc3ccccc3[nH]2)ccc1OCC#N. The summed E-state index contributed by atoms with van der Waals surface area (Å²) in [5.41, 5.74) is 2.62. The zero-order valence-corrected chi connectivity index (χ0v) is 13.7. The first-order valence-electron chi connectivity index (χ1n) is 7.21. The molecule has 0 amide bonds. The van der Waals surface area contributed by atoms with Crippen molar-refractivity contribution in [3.05, 3.63) is 53.9 Å². The zero-order valence-electron chi connectivity index (χ0n) is 12.9. The number of nitrogens with zero attached hydrogens (tertiary/aromatic N) is 2. The number of benzene rings is 2. The molecule has 0 aliphatic rings. The first-order chi connectivity index (χ1) is 11.7. The van der Waals surface area contributed by atoms with E-state index in [0.29, 0.717) is 22.4 Å². The maximum absolute atomic E-state index is 8.60. The van der Waals surface area contributed by atoms with Crippen LogP contribution in [0.1, 0.15) is 11.4 Å². The molecule has 3 aromatic rings. The van der Waals surface area contributed by atoms with Gasteiger partial charge in [0.05, 0.1) is 23.2 Å². The predicted molar refractivity (Wildman–Crippen MR) is 93.9 cm³/mol. The molecule has 2 aromatic carbocycles. The van der Waals surface area contributed by atoms with Gasteiger partial charge < -0.3 is 14.5 Å². The Hall–Kier alpha value is -2.97. The van der Waals surface area contributed by atoms with Crippen LogP contribution >= 0.6 is 11.6 Å². The molecule has 0 spiro atoms. The van der Waals surface area contributed by atoms with Crippen molar-refractivity contribution in [3.63, 3.8) is 0 Å². The molecule has 0 aliphatic heterocycles. The van der Waals surface area contributed by atoms with Crippen molar-refractivity contribution in [1.29, 1.82) is 5.26 Å². The molecule has 0 radical (unpaired) electrons. The van der Waals surface area contributed by atoms with Crippen molar-refractivity contribution in [2.45, 2.75) is 0 Å². The summed E-state index contributed by atoms with van der Waals surface area (Å²) in [5, 5.41) is 9.08. The lowest BCUT2D eigenvalue weighted by molar-refractivity contribution is 0.329. The molecule has 0 atom stereocenters. The first kappa shape index (κ1) is 15.9. The number of hydrogen-bond acceptors (Lipinski definition) is 4. The Morgan fingerprint density at radius 2 is 2.12 bits per heavy atom. The van der Waals surface area contributed by atoms with Crippen LogP contribution in [0.25, 0.3) is 22.1 Å². The van der Waals surface area contributed by atoms with Crippen LogP contribution in [0.5, 0.6) is 11.5 Å². The highest BCUT2D eigenvalue weighted by Crippen LogP contribution is 2.30. The third-order valence-electron chi connectivity index (χ3n) is 3.39. The van der Waals surface area contributed by atoms with Gasteiger partial charge in [0, 0.05) is 0 Å². The van der Waals surface area contributed by atoms with Crippen LogP contribution in [0.4, 0.5) is 0 Å². The van der Waals surface area contributed by atoms with Crippen LogP contribution in [0, 0.1) is 11.3 Å². The Bertz CT molecular complexity index is 908. The standard InChI is InChI=1S/C18H14ClN3O2/c1-23-17-11-12(6-7-16(17)24-9-8-20)10-13(19)18-21-14-4-2-3-5-15(14)22-18/h2-7,10-11H,9H2,1H3,(H,21,22)/b13-10+. The zero-order chi connectivity index (χ0) is 16.9. The van der Waals surface area contributed by atoms with E-state index in [1.165, 1.54) is 0 Å². The monoisotopic (exact) mass is 339 g/mol. The van der Waals surface area contributed by atoms with Crippen molar-refractivity contribution in [2.75, 3.05) is 13.7 Å².